The maximum absolute atomic E-state index is 13.3. The van der Waals surface area contributed by atoms with Gasteiger partial charge in [0.15, 0.2) is 0 Å². The van der Waals surface area contributed by atoms with Crippen molar-refractivity contribution in [2.75, 3.05) is 26.8 Å². The summed E-state index contributed by atoms with van der Waals surface area (Å²) >= 11 is 6.24. The van der Waals surface area contributed by atoms with Crippen molar-refractivity contribution in [2.24, 2.45) is 0 Å². The molecule has 0 saturated carbocycles. The van der Waals surface area contributed by atoms with Crippen LogP contribution in [0.15, 0.2) is 54.6 Å². The topological polar surface area (TPSA) is 58.6 Å². The van der Waals surface area contributed by atoms with Gasteiger partial charge in [0, 0.05) is 47.2 Å². The lowest BCUT2D eigenvalue weighted by atomic mass is 9.93. The molecule has 6 heteroatoms. The third kappa shape index (κ3) is 3.71. The number of carbonyl (C=O) groups excluding carboxylic acids is 2. The fraction of sp³-hybridized carbons (Fsp3) is 0.217. The van der Waals surface area contributed by atoms with Crippen LogP contribution in [0.3, 0.4) is 0 Å². The van der Waals surface area contributed by atoms with Gasteiger partial charge in [0.25, 0.3) is 5.91 Å². The minimum Gasteiger partial charge on any atom is -0.383 e. The third-order valence-corrected chi connectivity index (χ3v) is 5.42. The number of rotatable bonds is 5. The van der Waals surface area contributed by atoms with Crippen LogP contribution in [0, 0.1) is 0 Å². The van der Waals surface area contributed by atoms with E-state index in [0.717, 1.165) is 21.7 Å². The number of ether oxygens (including phenoxy) is 1. The molecule has 4 rings (SSSR count). The zero-order valence-electron chi connectivity index (χ0n) is 16.1. The average molecular weight is 409 g/mol. The summed E-state index contributed by atoms with van der Waals surface area (Å²) in [5, 5.41) is 5.09. The van der Waals surface area contributed by atoms with E-state index in [0.29, 0.717) is 35.7 Å². The zero-order valence-corrected chi connectivity index (χ0v) is 16.8. The molecular weight excluding hydrogens is 388 g/mol. The number of hydrogen-bond acceptors (Lipinski definition) is 3. The summed E-state index contributed by atoms with van der Waals surface area (Å²) in [5.41, 5.74) is 2.96. The maximum Gasteiger partial charge on any atom is 0.258 e. The van der Waals surface area contributed by atoms with Gasteiger partial charge in [0.05, 0.1) is 13.2 Å². The Morgan fingerprint density at radius 3 is 2.72 bits per heavy atom. The second-order valence-electron chi connectivity index (χ2n) is 6.94. The van der Waals surface area contributed by atoms with E-state index in [2.05, 4.69) is 5.32 Å². The number of methoxy groups -OCH3 is 1. The molecule has 0 aliphatic carbocycles. The molecule has 5 nitrogen and oxygen atoms in total. The Morgan fingerprint density at radius 1 is 1.17 bits per heavy atom. The summed E-state index contributed by atoms with van der Waals surface area (Å²) in [6, 6.07) is 15.0. The monoisotopic (exact) mass is 408 g/mol. The lowest BCUT2D eigenvalue weighted by molar-refractivity contribution is -0.122. The van der Waals surface area contributed by atoms with E-state index in [1.165, 1.54) is 0 Å². The van der Waals surface area contributed by atoms with Gasteiger partial charge in [0.1, 0.15) is 0 Å². The summed E-state index contributed by atoms with van der Waals surface area (Å²) in [7, 11) is 1.59. The third-order valence-electron chi connectivity index (χ3n) is 5.19. The van der Waals surface area contributed by atoms with E-state index >= 15 is 0 Å². The molecule has 0 spiro atoms. The Bertz CT molecular complexity index is 1120. The minimum absolute atomic E-state index is 0.106. The zero-order chi connectivity index (χ0) is 20.4. The number of halogens is 1. The number of benzene rings is 2. The maximum atomic E-state index is 13.3. The van der Waals surface area contributed by atoms with Crippen LogP contribution in [0.2, 0.25) is 5.02 Å². The first-order valence-electron chi connectivity index (χ1n) is 9.46. The summed E-state index contributed by atoms with van der Waals surface area (Å²) in [4.78, 5) is 27.9. The number of nitrogens with one attached hydrogen (secondary N) is 1. The standard InChI is InChI=1S/C23H21ClN2O3/c1-29-12-11-25-22(27)20-14-26-21(19-13-16(24)7-8-18(19)20)10-9-17(23(26)28)15-5-3-2-4-6-15/h2-9,13H,10-12,14H2,1H3,(H,25,27). The number of carbonyl (C=O) groups is 2. The fourth-order valence-corrected chi connectivity index (χ4v) is 3.95. The van der Waals surface area contributed by atoms with Crippen molar-refractivity contribution in [1.82, 2.24) is 10.2 Å². The molecule has 0 saturated heterocycles. The van der Waals surface area contributed by atoms with E-state index in [9.17, 15) is 9.59 Å². The molecule has 2 aromatic rings. The van der Waals surface area contributed by atoms with Crippen LogP contribution in [0.25, 0.3) is 16.8 Å². The fourth-order valence-electron chi connectivity index (χ4n) is 3.77. The molecule has 2 amide bonds. The Labute approximate surface area is 173 Å². The number of hydrogen-bond donors (Lipinski definition) is 1. The van der Waals surface area contributed by atoms with Gasteiger partial charge in [-0.25, -0.2) is 0 Å². The van der Waals surface area contributed by atoms with Crippen molar-refractivity contribution in [2.45, 2.75) is 6.42 Å². The average Bonchev–Trinajstić information content (AvgIpc) is 2.74. The van der Waals surface area contributed by atoms with Gasteiger partial charge in [-0.2, -0.15) is 0 Å². The van der Waals surface area contributed by atoms with Crippen molar-refractivity contribution in [3.63, 3.8) is 0 Å². The highest BCUT2D eigenvalue weighted by molar-refractivity contribution is 6.30. The SMILES string of the molecule is COCCNC(=O)C1=c2ccc(Cl)cc2=C2CC=C(c3ccccc3)C(=O)N2C1. The largest absolute Gasteiger partial charge is 0.383 e. The number of amides is 2. The highest BCUT2D eigenvalue weighted by Crippen LogP contribution is 2.29. The molecule has 148 valence electrons. The Morgan fingerprint density at radius 2 is 1.97 bits per heavy atom. The van der Waals surface area contributed by atoms with Gasteiger partial charge in [0.2, 0.25) is 5.91 Å². The number of nitrogens with zero attached hydrogens (tertiary/aromatic N) is 1. The molecule has 0 bridgehead atoms. The lowest BCUT2D eigenvalue weighted by Gasteiger charge is -2.33. The van der Waals surface area contributed by atoms with Crippen molar-refractivity contribution in [3.05, 3.63) is 75.6 Å². The predicted octanol–water partition coefficient (Wildman–Crippen LogP) is 1.69. The normalized spacial score (nSPS) is 15.6. The van der Waals surface area contributed by atoms with Gasteiger partial charge in [-0.1, -0.05) is 54.1 Å². The Balaban J connectivity index is 1.80. The summed E-state index contributed by atoms with van der Waals surface area (Å²) in [6.07, 6.45) is 2.56. The van der Waals surface area contributed by atoms with Gasteiger partial charge in [-0.15, -0.1) is 0 Å². The molecule has 2 aliphatic heterocycles. The predicted molar refractivity (Wildman–Crippen MR) is 113 cm³/mol. The molecule has 0 atom stereocenters. The van der Waals surface area contributed by atoms with Crippen LogP contribution < -0.4 is 15.8 Å². The molecule has 1 N–H and O–H groups in total. The summed E-state index contributed by atoms with van der Waals surface area (Å²) in [6.45, 7) is 1.06. The second-order valence-corrected chi connectivity index (χ2v) is 7.38. The Kier molecular flexibility index (Phi) is 5.51. The van der Waals surface area contributed by atoms with Crippen LogP contribution in [-0.4, -0.2) is 43.5 Å². The van der Waals surface area contributed by atoms with Crippen molar-refractivity contribution >= 4 is 40.3 Å². The molecule has 0 aromatic heterocycles. The van der Waals surface area contributed by atoms with E-state index < -0.39 is 0 Å². The highest BCUT2D eigenvalue weighted by Gasteiger charge is 2.32. The molecule has 0 fully saturated rings. The molecule has 2 aliphatic rings. The first-order chi connectivity index (χ1) is 14.1. The first-order valence-corrected chi connectivity index (χ1v) is 9.84. The molecule has 0 radical (unpaired) electrons. The lowest BCUT2D eigenvalue weighted by Crippen LogP contribution is -2.49. The summed E-state index contributed by atoms with van der Waals surface area (Å²) in [5.74, 6) is -0.307. The van der Waals surface area contributed by atoms with Crippen molar-refractivity contribution < 1.29 is 14.3 Å². The van der Waals surface area contributed by atoms with Gasteiger partial charge < -0.3 is 15.0 Å². The van der Waals surface area contributed by atoms with E-state index in [-0.39, 0.29) is 18.4 Å². The molecule has 29 heavy (non-hydrogen) atoms. The van der Waals surface area contributed by atoms with Crippen LogP contribution in [0.1, 0.15) is 12.0 Å². The quantitative estimate of drug-likeness (QED) is 0.766. The second kappa shape index (κ2) is 8.23. The molecule has 0 unspecified atom stereocenters. The Hall–Kier alpha value is -2.89. The van der Waals surface area contributed by atoms with E-state index in [4.69, 9.17) is 16.3 Å². The minimum atomic E-state index is -0.201. The van der Waals surface area contributed by atoms with Gasteiger partial charge in [-0.3, -0.25) is 9.59 Å². The van der Waals surface area contributed by atoms with E-state index in [1.807, 2.05) is 48.5 Å². The number of fused-ring (bicyclic) bond motifs is 2. The highest BCUT2D eigenvalue weighted by atomic mass is 35.5. The smallest absolute Gasteiger partial charge is 0.258 e. The molecule has 2 heterocycles. The van der Waals surface area contributed by atoms with Gasteiger partial charge in [-0.05, 0) is 22.9 Å². The van der Waals surface area contributed by atoms with Crippen LogP contribution >= 0.6 is 11.6 Å². The van der Waals surface area contributed by atoms with Crippen molar-refractivity contribution in [1.29, 1.82) is 0 Å². The van der Waals surface area contributed by atoms with E-state index in [1.54, 1.807) is 18.1 Å². The van der Waals surface area contributed by atoms with Gasteiger partial charge >= 0.3 is 0 Å². The molecule has 2 aromatic carbocycles. The van der Waals surface area contributed by atoms with Crippen molar-refractivity contribution in [3.8, 4) is 0 Å². The summed E-state index contributed by atoms with van der Waals surface area (Å²) < 4.78 is 5.01. The first kappa shape index (κ1) is 19.4. The van der Waals surface area contributed by atoms with Crippen LogP contribution in [-0.2, 0) is 14.3 Å². The van der Waals surface area contributed by atoms with Crippen LogP contribution in [0.4, 0.5) is 0 Å². The molecular formula is C23H21ClN2O3. The van der Waals surface area contributed by atoms with Crippen LogP contribution in [0.5, 0.6) is 0 Å².